The minimum Gasteiger partial charge on any atom is -0.0596 e. The molecule has 3 atom stereocenters. The van der Waals surface area contributed by atoms with Crippen LogP contribution in [0.5, 0.6) is 0 Å². The van der Waals surface area contributed by atoms with Crippen LogP contribution in [0.3, 0.4) is 0 Å². The second-order valence-corrected chi connectivity index (χ2v) is 12.2. The lowest BCUT2D eigenvalue weighted by atomic mass is 9.56. The summed E-state index contributed by atoms with van der Waals surface area (Å²) in [6.07, 6.45) is 29.3. The van der Waals surface area contributed by atoms with Crippen molar-refractivity contribution in [1.82, 2.24) is 0 Å². The monoisotopic (exact) mass is 372 g/mol. The van der Waals surface area contributed by atoms with Gasteiger partial charge in [0.25, 0.3) is 0 Å². The van der Waals surface area contributed by atoms with E-state index in [1.54, 1.807) is 51.4 Å². The molecule has 0 heterocycles. The van der Waals surface area contributed by atoms with Crippen molar-refractivity contribution in [2.24, 2.45) is 34.5 Å². The number of hydrogen-bond acceptors (Lipinski definition) is 0. The molecule has 4 aliphatic carbocycles. The van der Waals surface area contributed by atoms with Crippen molar-refractivity contribution in [1.29, 1.82) is 0 Å². The van der Waals surface area contributed by atoms with Gasteiger partial charge in [0, 0.05) is 0 Å². The van der Waals surface area contributed by atoms with E-state index in [9.17, 15) is 0 Å². The van der Waals surface area contributed by atoms with Crippen LogP contribution in [0, 0.1) is 34.5 Å². The van der Waals surface area contributed by atoms with Crippen molar-refractivity contribution >= 4 is 0 Å². The lowest BCUT2D eigenvalue weighted by Crippen LogP contribution is -2.39. The molecule has 0 aromatic heterocycles. The molecule has 0 heteroatoms. The van der Waals surface area contributed by atoms with E-state index in [0.717, 1.165) is 23.7 Å². The van der Waals surface area contributed by atoms with Crippen molar-refractivity contribution in [2.75, 3.05) is 0 Å². The molecule has 0 amide bonds. The van der Waals surface area contributed by atoms with Crippen LogP contribution in [0.15, 0.2) is 0 Å². The summed E-state index contributed by atoms with van der Waals surface area (Å²) in [5.41, 5.74) is 1.35. The molecule has 0 spiro atoms. The second-order valence-electron chi connectivity index (χ2n) is 12.2. The lowest BCUT2D eigenvalue weighted by Gasteiger charge is -2.50. The highest BCUT2D eigenvalue weighted by Crippen LogP contribution is 2.54. The predicted molar refractivity (Wildman–Crippen MR) is 118 cm³/mol. The van der Waals surface area contributed by atoms with E-state index < -0.39 is 0 Å². The molecule has 0 aromatic rings. The van der Waals surface area contributed by atoms with Crippen LogP contribution in [-0.2, 0) is 0 Å². The first-order chi connectivity index (χ1) is 13.1. The van der Waals surface area contributed by atoms with E-state index in [-0.39, 0.29) is 0 Å². The zero-order valence-corrected chi connectivity index (χ0v) is 18.7. The molecule has 4 aliphatic rings. The van der Waals surface area contributed by atoms with E-state index in [1.807, 2.05) is 0 Å². The number of fused-ring (bicyclic) bond motifs is 1. The van der Waals surface area contributed by atoms with Crippen molar-refractivity contribution in [3.8, 4) is 0 Å². The Balaban J connectivity index is 1.52. The molecule has 0 N–H and O–H groups in total. The van der Waals surface area contributed by atoms with Gasteiger partial charge in [-0.3, -0.25) is 0 Å². The van der Waals surface area contributed by atoms with Gasteiger partial charge in [0.1, 0.15) is 0 Å². The van der Waals surface area contributed by atoms with Gasteiger partial charge in [0.2, 0.25) is 0 Å². The fraction of sp³-hybridized carbons (Fsp3) is 1.00. The third-order valence-corrected chi connectivity index (χ3v) is 9.87. The topological polar surface area (TPSA) is 0 Å². The Morgan fingerprint density at radius 3 is 1.70 bits per heavy atom. The van der Waals surface area contributed by atoms with E-state index in [0.29, 0.717) is 10.8 Å². The van der Waals surface area contributed by atoms with Crippen LogP contribution in [0.25, 0.3) is 0 Å². The third-order valence-electron chi connectivity index (χ3n) is 9.87. The Labute approximate surface area is 170 Å². The van der Waals surface area contributed by atoms with Crippen molar-refractivity contribution < 1.29 is 0 Å². The maximum Gasteiger partial charge on any atom is -0.0323 e. The SMILES string of the molecule is CC1(CC(CC2(C)CCCCC2)C2CCCC3CCCCC32)CCCCC1. The highest BCUT2D eigenvalue weighted by atomic mass is 14.5. The van der Waals surface area contributed by atoms with Gasteiger partial charge >= 0.3 is 0 Å². The first-order valence-corrected chi connectivity index (χ1v) is 13.1. The van der Waals surface area contributed by atoms with Crippen LogP contribution in [0.4, 0.5) is 0 Å². The number of hydrogen-bond donors (Lipinski definition) is 0. The lowest BCUT2D eigenvalue weighted by molar-refractivity contribution is 0.00864. The summed E-state index contributed by atoms with van der Waals surface area (Å²) in [6, 6.07) is 0. The molecule has 0 nitrogen and oxygen atoms in total. The normalized spacial score (nSPS) is 36.3. The summed E-state index contributed by atoms with van der Waals surface area (Å²) < 4.78 is 0. The third kappa shape index (κ3) is 4.95. The van der Waals surface area contributed by atoms with Gasteiger partial charge in [-0.25, -0.2) is 0 Å². The second kappa shape index (κ2) is 8.79. The minimum absolute atomic E-state index is 0.676. The van der Waals surface area contributed by atoms with Crippen molar-refractivity contribution in [2.45, 2.75) is 136 Å². The Bertz CT molecular complexity index is 423. The molecule has 0 radical (unpaired) electrons. The standard InChI is InChI=1S/C27H48/c1-26(16-7-3-8-17-26)20-23(21-27(2)18-9-4-10-19-27)25-15-11-13-22-12-5-6-14-24(22)25/h22-25H,3-21H2,1-2H3. The van der Waals surface area contributed by atoms with Crippen LogP contribution < -0.4 is 0 Å². The van der Waals surface area contributed by atoms with E-state index >= 15 is 0 Å². The van der Waals surface area contributed by atoms with E-state index in [1.165, 1.54) is 70.6 Å². The summed E-state index contributed by atoms with van der Waals surface area (Å²) in [7, 11) is 0. The Hall–Kier alpha value is 0. The van der Waals surface area contributed by atoms with E-state index in [2.05, 4.69) is 13.8 Å². The van der Waals surface area contributed by atoms with Crippen molar-refractivity contribution in [3.05, 3.63) is 0 Å². The summed E-state index contributed by atoms with van der Waals surface area (Å²) in [6.45, 7) is 5.37. The fourth-order valence-electron chi connectivity index (χ4n) is 8.43. The Morgan fingerprint density at radius 1 is 0.593 bits per heavy atom. The number of rotatable bonds is 5. The highest BCUT2D eigenvalue weighted by molar-refractivity contribution is 4.94. The summed E-state index contributed by atoms with van der Waals surface area (Å²) in [5.74, 6) is 4.35. The molecular formula is C27H48. The molecular weight excluding hydrogens is 324 g/mol. The van der Waals surface area contributed by atoms with Gasteiger partial charge < -0.3 is 0 Å². The summed E-state index contributed by atoms with van der Waals surface area (Å²) in [4.78, 5) is 0. The van der Waals surface area contributed by atoms with Gasteiger partial charge in [-0.05, 0) is 85.9 Å². The molecule has 0 aliphatic heterocycles. The molecule has 4 fully saturated rings. The quantitative estimate of drug-likeness (QED) is 0.452. The fourth-order valence-corrected chi connectivity index (χ4v) is 8.43. The van der Waals surface area contributed by atoms with E-state index in [4.69, 9.17) is 0 Å². The molecule has 0 bridgehead atoms. The molecule has 27 heavy (non-hydrogen) atoms. The van der Waals surface area contributed by atoms with Crippen molar-refractivity contribution in [3.63, 3.8) is 0 Å². The largest absolute Gasteiger partial charge is 0.0596 e. The molecule has 3 unspecified atom stereocenters. The Morgan fingerprint density at radius 2 is 1.11 bits per heavy atom. The average molecular weight is 373 g/mol. The smallest absolute Gasteiger partial charge is 0.0323 e. The average Bonchev–Trinajstić information content (AvgIpc) is 2.68. The zero-order valence-electron chi connectivity index (χ0n) is 18.7. The van der Waals surface area contributed by atoms with Crippen LogP contribution in [-0.4, -0.2) is 0 Å². The summed E-state index contributed by atoms with van der Waals surface area (Å²) in [5, 5.41) is 0. The first-order valence-electron chi connectivity index (χ1n) is 13.1. The Kier molecular flexibility index (Phi) is 6.60. The van der Waals surface area contributed by atoms with Crippen LogP contribution in [0.2, 0.25) is 0 Å². The maximum atomic E-state index is 2.68. The maximum absolute atomic E-state index is 2.68. The molecule has 156 valence electrons. The summed E-state index contributed by atoms with van der Waals surface area (Å²) >= 11 is 0. The van der Waals surface area contributed by atoms with Gasteiger partial charge in [0.15, 0.2) is 0 Å². The molecule has 0 saturated heterocycles. The molecule has 4 saturated carbocycles. The van der Waals surface area contributed by atoms with Crippen LogP contribution in [0.1, 0.15) is 136 Å². The predicted octanol–water partition coefficient (Wildman–Crippen LogP) is 8.93. The van der Waals surface area contributed by atoms with Gasteiger partial charge in [-0.2, -0.15) is 0 Å². The molecule has 0 aromatic carbocycles. The van der Waals surface area contributed by atoms with Crippen LogP contribution >= 0.6 is 0 Å². The highest BCUT2D eigenvalue weighted by Gasteiger charge is 2.43. The van der Waals surface area contributed by atoms with Gasteiger partial charge in [0.05, 0.1) is 0 Å². The first kappa shape index (κ1) is 20.3. The van der Waals surface area contributed by atoms with Gasteiger partial charge in [-0.1, -0.05) is 84.5 Å². The van der Waals surface area contributed by atoms with Gasteiger partial charge in [-0.15, -0.1) is 0 Å². The zero-order chi connectivity index (χ0) is 18.7. The minimum atomic E-state index is 0.676. The molecule has 4 rings (SSSR count).